The van der Waals surface area contributed by atoms with Crippen molar-refractivity contribution in [1.29, 1.82) is 0 Å². The predicted molar refractivity (Wildman–Crippen MR) is 62.3 cm³/mol. The van der Waals surface area contributed by atoms with Crippen molar-refractivity contribution >= 4 is 0 Å². The lowest BCUT2D eigenvalue weighted by atomic mass is 10.0. The average Bonchev–Trinajstić information content (AvgIpc) is 2.63. The van der Waals surface area contributed by atoms with E-state index in [1.165, 1.54) is 45.2 Å². The lowest BCUT2D eigenvalue weighted by Crippen LogP contribution is -2.31. The van der Waals surface area contributed by atoms with Crippen LogP contribution in [0.1, 0.15) is 46.0 Å². The zero-order chi connectivity index (χ0) is 10.4. The van der Waals surface area contributed by atoms with Crippen molar-refractivity contribution in [2.75, 3.05) is 19.6 Å². The van der Waals surface area contributed by atoms with E-state index in [2.05, 4.69) is 18.7 Å². The first kappa shape index (κ1) is 12.0. The van der Waals surface area contributed by atoms with Gasteiger partial charge in [-0.15, -0.1) is 0 Å². The lowest BCUT2D eigenvalue weighted by Gasteiger charge is -2.24. The molecule has 0 aromatic heterocycles. The summed E-state index contributed by atoms with van der Waals surface area (Å²) in [5, 5.41) is 0. The third kappa shape index (κ3) is 3.58. The highest BCUT2D eigenvalue weighted by atomic mass is 15.2. The molecule has 2 unspecified atom stereocenters. The first-order valence-electron chi connectivity index (χ1n) is 6.22. The Kier molecular flexibility index (Phi) is 5.49. The van der Waals surface area contributed by atoms with Crippen LogP contribution in [0.2, 0.25) is 0 Å². The quantitative estimate of drug-likeness (QED) is 0.709. The van der Waals surface area contributed by atoms with Crippen LogP contribution in [0.5, 0.6) is 0 Å². The fraction of sp³-hybridized carbons (Fsp3) is 1.00. The van der Waals surface area contributed by atoms with Gasteiger partial charge in [0.15, 0.2) is 0 Å². The van der Waals surface area contributed by atoms with Crippen LogP contribution in [0.25, 0.3) is 0 Å². The Morgan fingerprint density at radius 1 is 1.50 bits per heavy atom. The summed E-state index contributed by atoms with van der Waals surface area (Å²) in [4.78, 5) is 2.65. The molecule has 1 fully saturated rings. The zero-order valence-corrected chi connectivity index (χ0v) is 9.84. The van der Waals surface area contributed by atoms with Gasteiger partial charge >= 0.3 is 0 Å². The fourth-order valence-electron chi connectivity index (χ4n) is 2.50. The molecule has 1 aliphatic rings. The molecule has 1 rings (SSSR count). The topological polar surface area (TPSA) is 29.3 Å². The van der Waals surface area contributed by atoms with Crippen LogP contribution in [-0.4, -0.2) is 30.6 Å². The molecule has 0 saturated carbocycles. The van der Waals surface area contributed by atoms with E-state index in [0.717, 1.165) is 18.5 Å². The highest BCUT2D eigenvalue weighted by Crippen LogP contribution is 2.23. The van der Waals surface area contributed by atoms with Crippen LogP contribution in [0.4, 0.5) is 0 Å². The van der Waals surface area contributed by atoms with E-state index in [1.54, 1.807) is 0 Å². The molecule has 0 aromatic rings. The lowest BCUT2D eigenvalue weighted by molar-refractivity contribution is 0.234. The molecule has 1 saturated heterocycles. The van der Waals surface area contributed by atoms with Gasteiger partial charge < -0.3 is 10.6 Å². The standard InChI is InChI=1S/C12H26N2/c1-3-5-12-7-9-14(10-12)11(2)6-4-8-13/h11-12H,3-10,13H2,1-2H3. The van der Waals surface area contributed by atoms with Crippen molar-refractivity contribution in [3.63, 3.8) is 0 Å². The van der Waals surface area contributed by atoms with Crippen molar-refractivity contribution in [3.05, 3.63) is 0 Å². The molecule has 0 aliphatic carbocycles. The van der Waals surface area contributed by atoms with Crippen molar-refractivity contribution < 1.29 is 0 Å². The first-order valence-corrected chi connectivity index (χ1v) is 6.22. The highest BCUT2D eigenvalue weighted by molar-refractivity contribution is 4.79. The molecule has 0 amide bonds. The molecule has 0 bridgehead atoms. The van der Waals surface area contributed by atoms with Crippen molar-refractivity contribution in [2.24, 2.45) is 11.7 Å². The predicted octanol–water partition coefficient (Wildman–Crippen LogP) is 2.24. The van der Waals surface area contributed by atoms with Gasteiger partial charge in [-0.05, 0) is 51.6 Å². The van der Waals surface area contributed by atoms with E-state index >= 15 is 0 Å². The van der Waals surface area contributed by atoms with Gasteiger partial charge in [0.25, 0.3) is 0 Å². The monoisotopic (exact) mass is 198 g/mol. The molecule has 84 valence electrons. The van der Waals surface area contributed by atoms with E-state index in [0.29, 0.717) is 0 Å². The van der Waals surface area contributed by atoms with E-state index in [4.69, 9.17) is 5.73 Å². The molecule has 2 heteroatoms. The molecular weight excluding hydrogens is 172 g/mol. The Hall–Kier alpha value is -0.0800. The summed E-state index contributed by atoms with van der Waals surface area (Å²) in [6.07, 6.45) is 6.63. The van der Waals surface area contributed by atoms with E-state index in [1.807, 2.05) is 0 Å². The Morgan fingerprint density at radius 2 is 2.29 bits per heavy atom. The summed E-state index contributed by atoms with van der Waals surface area (Å²) >= 11 is 0. The molecule has 1 heterocycles. The van der Waals surface area contributed by atoms with Crippen molar-refractivity contribution in [2.45, 2.75) is 52.0 Å². The van der Waals surface area contributed by atoms with E-state index in [9.17, 15) is 0 Å². The second-order valence-corrected chi connectivity index (χ2v) is 4.72. The fourth-order valence-corrected chi connectivity index (χ4v) is 2.50. The van der Waals surface area contributed by atoms with Gasteiger partial charge in [0.2, 0.25) is 0 Å². The van der Waals surface area contributed by atoms with Crippen molar-refractivity contribution in [1.82, 2.24) is 4.90 Å². The first-order chi connectivity index (χ1) is 6.77. The van der Waals surface area contributed by atoms with E-state index < -0.39 is 0 Å². The SMILES string of the molecule is CCCC1CCN(C(C)CCCN)C1. The third-order valence-electron chi connectivity index (χ3n) is 3.46. The number of nitrogens with two attached hydrogens (primary N) is 1. The Balaban J connectivity index is 2.19. The molecule has 2 nitrogen and oxygen atoms in total. The molecule has 2 N–H and O–H groups in total. The van der Waals surface area contributed by atoms with Crippen molar-refractivity contribution in [3.8, 4) is 0 Å². The molecule has 0 spiro atoms. The number of likely N-dealkylation sites (tertiary alicyclic amines) is 1. The highest BCUT2D eigenvalue weighted by Gasteiger charge is 2.24. The Labute approximate surface area is 88.8 Å². The normalized spacial score (nSPS) is 25.5. The molecule has 0 aromatic carbocycles. The number of hydrogen-bond donors (Lipinski definition) is 1. The molecular formula is C12H26N2. The largest absolute Gasteiger partial charge is 0.330 e. The minimum Gasteiger partial charge on any atom is -0.330 e. The summed E-state index contributed by atoms with van der Waals surface area (Å²) in [7, 11) is 0. The second kappa shape index (κ2) is 6.41. The zero-order valence-electron chi connectivity index (χ0n) is 9.84. The second-order valence-electron chi connectivity index (χ2n) is 4.72. The van der Waals surface area contributed by atoms with Gasteiger partial charge in [-0.25, -0.2) is 0 Å². The Bertz CT molecular complexity index is 147. The number of rotatable bonds is 6. The molecule has 2 atom stereocenters. The van der Waals surface area contributed by atoms with E-state index in [-0.39, 0.29) is 0 Å². The minimum absolute atomic E-state index is 0.750. The van der Waals surface area contributed by atoms with Gasteiger partial charge in [0.1, 0.15) is 0 Å². The van der Waals surface area contributed by atoms with Crippen LogP contribution >= 0.6 is 0 Å². The van der Waals surface area contributed by atoms with Crippen LogP contribution in [0.15, 0.2) is 0 Å². The van der Waals surface area contributed by atoms with Gasteiger partial charge in [0, 0.05) is 12.6 Å². The summed E-state index contributed by atoms with van der Waals surface area (Å²) in [5.41, 5.74) is 5.53. The maximum atomic E-state index is 5.53. The third-order valence-corrected chi connectivity index (χ3v) is 3.46. The average molecular weight is 198 g/mol. The van der Waals surface area contributed by atoms with Crippen LogP contribution < -0.4 is 5.73 Å². The van der Waals surface area contributed by atoms with Crippen LogP contribution in [0, 0.1) is 5.92 Å². The van der Waals surface area contributed by atoms with Crippen LogP contribution in [0.3, 0.4) is 0 Å². The van der Waals surface area contributed by atoms with Gasteiger partial charge in [-0.2, -0.15) is 0 Å². The number of hydrogen-bond acceptors (Lipinski definition) is 2. The van der Waals surface area contributed by atoms with Gasteiger partial charge in [-0.3, -0.25) is 0 Å². The summed E-state index contributed by atoms with van der Waals surface area (Å²) < 4.78 is 0. The molecule has 14 heavy (non-hydrogen) atoms. The van der Waals surface area contributed by atoms with Crippen LogP contribution in [-0.2, 0) is 0 Å². The summed E-state index contributed by atoms with van der Waals surface area (Å²) in [6.45, 7) is 8.14. The number of nitrogens with zero attached hydrogens (tertiary/aromatic N) is 1. The van der Waals surface area contributed by atoms with Gasteiger partial charge in [0.05, 0.1) is 0 Å². The minimum atomic E-state index is 0.750. The molecule has 1 aliphatic heterocycles. The maximum Gasteiger partial charge on any atom is 0.00675 e. The summed E-state index contributed by atoms with van der Waals surface area (Å²) in [6, 6.07) is 0.750. The molecule has 0 radical (unpaired) electrons. The van der Waals surface area contributed by atoms with Gasteiger partial charge in [-0.1, -0.05) is 13.3 Å². The smallest absolute Gasteiger partial charge is 0.00675 e. The summed E-state index contributed by atoms with van der Waals surface area (Å²) in [5.74, 6) is 0.973. The Morgan fingerprint density at radius 3 is 2.93 bits per heavy atom. The maximum absolute atomic E-state index is 5.53.